The molecule has 1 heterocycles. The standard InChI is InChI=1S/C27H33N3O/c1-7-12-30-25-13-19(3)21(15-24(25)20(4)16-27(30,5)6)14-22(17-28)26(31)29-23-10-8-18(2)9-11-23/h8-11,13-15,20H,7,12,16H2,1-6H3,(H,29,31)/b22-14+. The highest BCUT2D eigenvalue weighted by Crippen LogP contribution is 2.44. The molecule has 0 fully saturated rings. The summed E-state index contributed by atoms with van der Waals surface area (Å²) in [5, 5.41) is 12.5. The summed E-state index contributed by atoms with van der Waals surface area (Å²) in [7, 11) is 0. The van der Waals surface area contributed by atoms with Crippen molar-refractivity contribution in [3.05, 3.63) is 64.2 Å². The molecule has 4 heteroatoms. The van der Waals surface area contributed by atoms with Crippen molar-refractivity contribution in [2.24, 2.45) is 0 Å². The second kappa shape index (κ2) is 8.98. The van der Waals surface area contributed by atoms with Gasteiger partial charge in [-0.05, 0) is 93.5 Å². The number of benzene rings is 2. The summed E-state index contributed by atoms with van der Waals surface area (Å²) in [5.41, 5.74) is 6.59. The van der Waals surface area contributed by atoms with Gasteiger partial charge in [0.25, 0.3) is 5.91 Å². The lowest BCUT2D eigenvalue weighted by Crippen LogP contribution is -2.48. The van der Waals surface area contributed by atoms with E-state index in [1.54, 1.807) is 6.08 Å². The van der Waals surface area contributed by atoms with Crippen LogP contribution in [0.2, 0.25) is 0 Å². The molecule has 2 aromatic rings. The molecule has 0 radical (unpaired) electrons. The molecule has 1 atom stereocenters. The molecule has 0 spiro atoms. The van der Waals surface area contributed by atoms with Crippen LogP contribution in [0.1, 0.15) is 68.7 Å². The summed E-state index contributed by atoms with van der Waals surface area (Å²) >= 11 is 0. The summed E-state index contributed by atoms with van der Waals surface area (Å²) in [6, 6.07) is 14.0. The van der Waals surface area contributed by atoms with Gasteiger partial charge in [0, 0.05) is 23.5 Å². The van der Waals surface area contributed by atoms with E-state index in [1.165, 1.54) is 11.3 Å². The second-order valence-electron chi connectivity index (χ2n) is 9.33. The number of anilines is 2. The number of nitrogens with zero attached hydrogens (tertiary/aromatic N) is 2. The molecule has 0 saturated heterocycles. The van der Waals surface area contributed by atoms with Gasteiger partial charge in [-0.3, -0.25) is 4.79 Å². The lowest BCUT2D eigenvalue weighted by molar-refractivity contribution is -0.112. The lowest BCUT2D eigenvalue weighted by atomic mass is 9.78. The SMILES string of the molecule is CCCN1c2cc(C)c(/C=C(\C#N)C(=O)Nc3ccc(C)cc3)cc2C(C)CC1(C)C. The summed E-state index contributed by atoms with van der Waals surface area (Å²) < 4.78 is 0. The molecule has 2 aromatic carbocycles. The zero-order valence-corrected chi connectivity index (χ0v) is 19.5. The van der Waals surface area contributed by atoms with Crippen molar-refractivity contribution in [2.75, 3.05) is 16.8 Å². The van der Waals surface area contributed by atoms with Gasteiger partial charge in [0.1, 0.15) is 11.6 Å². The van der Waals surface area contributed by atoms with Crippen molar-refractivity contribution >= 4 is 23.4 Å². The predicted molar refractivity (Wildman–Crippen MR) is 129 cm³/mol. The van der Waals surface area contributed by atoms with Crippen molar-refractivity contribution in [2.45, 2.75) is 65.8 Å². The first-order chi connectivity index (χ1) is 14.7. The Balaban J connectivity index is 1.96. The van der Waals surface area contributed by atoms with Gasteiger partial charge in [-0.2, -0.15) is 5.26 Å². The number of nitriles is 1. The number of amides is 1. The molecule has 1 N–H and O–H groups in total. The van der Waals surface area contributed by atoms with E-state index in [0.717, 1.165) is 36.1 Å². The zero-order valence-electron chi connectivity index (χ0n) is 19.5. The predicted octanol–water partition coefficient (Wildman–Crippen LogP) is 6.35. The van der Waals surface area contributed by atoms with E-state index in [-0.39, 0.29) is 17.0 Å². The van der Waals surface area contributed by atoms with Gasteiger partial charge in [-0.1, -0.05) is 31.5 Å². The first-order valence-electron chi connectivity index (χ1n) is 11.1. The van der Waals surface area contributed by atoms with Gasteiger partial charge < -0.3 is 10.2 Å². The molecular formula is C27H33N3O. The lowest BCUT2D eigenvalue weighted by Gasteiger charge is -2.48. The number of carbonyl (C=O) groups excluding carboxylic acids is 1. The fourth-order valence-corrected chi connectivity index (χ4v) is 4.59. The Morgan fingerprint density at radius 2 is 1.94 bits per heavy atom. The average molecular weight is 416 g/mol. The van der Waals surface area contributed by atoms with Crippen LogP contribution in [-0.4, -0.2) is 18.0 Å². The molecule has 3 rings (SSSR count). The van der Waals surface area contributed by atoms with Crippen LogP contribution in [0.25, 0.3) is 6.08 Å². The van der Waals surface area contributed by atoms with Crippen LogP contribution in [0.4, 0.5) is 11.4 Å². The maximum absolute atomic E-state index is 12.7. The van der Waals surface area contributed by atoms with E-state index in [4.69, 9.17) is 0 Å². The Kier molecular flexibility index (Phi) is 6.55. The number of carbonyl (C=O) groups is 1. The number of rotatable bonds is 5. The average Bonchev–Trinajstić information content (AvgIpc) is 2.71. The molecule has 1 amide bonds. The fraction of sp³-hybridized carbons (Fsp3) is 0.407. The zero-order chi connectivity index (χ0) is 22.8. The van der Waals surface area contributed by atoms with Crippen LogP contribution in [0.15, 0.2) is 42.0 Å². The maximum Gasteiger partial charge on any atom is 0.266 e. The topological polar surface area (TPSA) is 56.1 Å². The first kappa shape index (κ1) is 22.6. The van der Waals surface area contributed by atoms with Crippen LogP contribution >= 0.6 is 0 Å². The first-order valence-corrected chi connectivity index (χ1v) is 11.1. The van der Waals surface area contributed by atoms with Gasteiger partial charge in [0.2, 0.25) is 0 Å². The molecule has 0 bridgehead atoms. The molecule has 0 aromatic heterocycles. The number of hydrogen-bond acceptors (Lipinski definition) is 3. The molecule has 0 saturated carbocycles. The highest BCUT2D eigenvalue weighted by Gasteiger charge is 2.36. The monoisotopic (exact) mass is 415 g/mol. The number of aryl methyl sites for hydroxylation is 2. The third-order valence-electron chi connectivity index (χ3n) is 6.20. The van der Waals surface area contributed by atoms with Crippen LogP contribution in [0.5, 0.6) is 0 Å². The Hall–Kier alpha value is -3.06. The minimum absolute atomic E-state index is 0.109. The van der Waals surface area contributed by atoms with Crippen molar-refractivity contribution < 1.29 is 4.79 Å². The number of fused-ring (bicyclic) bond motifs is 1. The van der Waals surface area contributed by atoms with E-state index in [1.807, 2.05) is 31.2 Å². The second-order valence-corrected chi connectivity index (χ2v) is 9.33. The molecule has 1 unspecified atom stereocenters. The van der Waals surface area contributed by atoms with Gasteiger partial charge >= 0.3 is 0 Å². The van der Waals surface area contributed by atoms with Crippen molar-refractivity contribution in [3.63, 3.8) is 0 Å². The van der Waals surface area contributed by atoms with Crippen LogP contribution in [0.3, 0.4) is 0 Å². The van der Waals surface area contributed by atoms with E-state index in [2.05, 4.69) is 63.0 Å². The summed E-state index contributed by atoms with van der Waals surface area (Å²) in [6.45, 7) is 14.2. The van der Waals surface area contributed by atoms with E-state index in [0.29, 0.717) is 11.6 Å². The van der Waals surface area contributed by atoms with E-state index >= 15 is 0 Å². The van der Waals surface area contributed by atoms with E-state index in [9.17, 15) is 10.1 Å². The van der Waals surface area contributed by atoms with Gasteiger partial charge in [0.05, 0.1) is 0 Å². The third-order valence-corrected chi connectivity index (χ3v) is 6.20. The molecule has 4 nitrogen and oxygen atoms in total. The van der Waals surface area contributed by atoms with Gasteiger partial charge in [-0.15, -0.1) is 0 Å². The smallest absolute Gasteiger partial charge is 0.266 e. The van der Waals surface area contributed by atoms with Crippen molar-refractivity contribution in [3.8, 4) is 6.07 Å². The summed E-state index contributed by atoms with van der Waals surface area (Å²) in [6.07, 6.45) is 3.89. The van der Waals surface area contributed by atoms with Gasteiger partial charge in [-0.25, -0.2) is 0 Å². The minimum atomic E-state index is -0.384. The molecule has 162 valence electrons. The molecule has 0 aliphatic carbocycles. The maximum atomic E-state index is 12.7. The van der Waals surface area contributed by atoms with Gasteiger partial charge in [0.15, 0.2) is 0 Å². The highest BCUT2D eigenvalue weighted by atomic mass is 16.1. The summed E-state index contributed by atoms with van der Waals surface area (Å²) in [5.74, 6) is 0.0306. The van der Waals surface area contributed by atoms with Crippen molar-refractivity contribution in [1.29, 1.82) is 5.26 Å². The molecule has 1 aliphatic rings. The largest absolute Gasteiger partial charge is 0.366 e. The van der Waals surface area contributed by atoms with Crippen molar-refractivity contribution in [1.82, 2.24) is 0 Å². The fourth-order valence-electron chi connectivity index (χ4n) is 4.59. The normalized spacial score (nSPS) is 17.6. The number of hydrogen-bond donors (Lipinski definition) is 1. The molecule has 31 heavy (non-hydrogen) atoms. The third kappa shape index (κ3) is 4.82. The van der Waals surface area contributed by atoms with Crippen LogP contribution in [0, 0.1) is 25.2 Å². The Labute approximate surface area is 186 Å². The number of nitrogens with one attached hydrogen (secondary N) is 1. The Morgan fingerprint density at radius 1 is 1.26 bits per heavy atom. The molecule has 1 aliphatic heterocycles. The van der Waals surface area contributed by atoms with Crippen LogP contribution in [-0.2, 0) is 4.79 Å². The minimum Gasteiger partial charge on any atom is -0.366 e. The summed E-state index contributed by atoms with van der Waals surface area (Å²) in [4.78, 5) is 15.2. The van der Waals surface area contributed by atoms with E-state index < -0.39 is 0 Å². The Morgan fingerprint density at radius 3 is 2.55 bits per heavy atom. The highest BCUT2D eigenvalue weighted by molar-refractivity contribution is 6.09. The quantitative estimate of drug-likeness (QED) is 0.457. The van der Waals surface area contributed by atoms with Crippen LogP contribution < -0.4 is 10.2 Å². The Bertz CT molecular complexity index is 1040. The molecular weight excluding hydrogens is 382 g/mol.